The van der Waals surface area contributed by atoms with Crippen LogP contribution >= 0.6 is 0 Å². The Labute approximate surface area is 232 Å². The first-order valence-electron chi connectivity index (χ1n) is 12.2. The van der Waals surface area contributed by atoms with Gasteiger partial charge in [-0.25, -0.2) is 4.79 Å². The smallest absolute Gasteiger partial charge is 0.333 e. The van der Waals surface area contributed by atoms with E-state index < -0.39 is 22.2 Å². The summed E-state index contributed by atoms with van der Waals surface area (Å²) in [6.07, 6.45) is -0.359. The average molecular weight is 562 g/mol. The number of rotatable bonds is 11. The number of esters is 1. The van der Waals surface area contributed by atoms with Gasteiger partial charge in [0.1, 0.15) is 18.5 Å². The fourth-order valence-corrected chi connectivity index (χ4v) is 6.39. The standard InChI is InChI=1S/C31H28O6S2/c1-23(2)31(32)37-26(21-24-13-19-30(20-14-24)39(33,34)35)22-36-25-15-17-29(18-16-25)38(27-9-5-3-6-10-27)28-11-7-4-8-12-28/h3-20,26H,1,21-22H2,2H3/p+1. The zero-order valence-electron chi connectivity index (χ0n) is 21.4. The molecule has 0 saturated heterocycles. The SMILES string of the molecule is C=C(C)C(=O)OC(COc1ccc([S+](c2ccccc2)c2ccccc2)cc1)Cc1ccc(S(=O)(=O)O)cc1. The molecular weight excluding hydrogens is 532 g/mol. The van der Waals surface area contributed by atoms with Gasteiger partial charge < -0.3 is 9.47 Å². The Hall–Kier alpha value is -3.85. The molecule has 0 aliphatic rings. The molecule has 1 N–H and O–H groups in total. The van der Waals surface area contributed by atoms with Crippen LogP contribution in [0.15, 0.2) is 141 Å². The highest BCUT2D eigenvalue weighted by atomic mass is 32.2. The Bertz CT molecular complexity index is 1460. The normalized spacial score (nSPS) is 12.1. The predicted octanol–water partition coefficient (Wildman–Crippen LogP) is 6.14. The Morgan fingerprint density at radius 1 is 0.821 bits per heavy atom. The van der Waals surface area contributed by atoms with E-state index in [9.17, 15) is 17.8 Å². The summed E-state index contributed by atoms with van der Waals surface area (Å²) in [5.41, 5.74) is 0.982. The first-order chi connectivity index (χ1) is 18.7. The minimum absolute atomic E-state index is 0.0848. The van der Waals surface area contributed by atoms with Gasteiger partial charge in [-0.2, -0.15) is 8.42 Å². The molecule has 0 heterocycles. The molecule has 0 fully saturated rings. The van der Waals surface area contributed by atoms with E-state index in [1.807, 2.05) is 60.7 Å². The molecule has 200 valence electrons. The van der Waals surface area contributed by atoms with E-state index in [4.69, 9.17) is 9.47 Å². The lowest BCUT2D eigenvalue weighted by molar-refractivity contribution is -0.145. The zero-order valence-corrected chi connectivity index (χ0v) is 23.0. The number of benzene rings is 4. The van der Waals surface area contributed by atoms with Crippen LogP contribution < -0.4 is 4.74 Å². The highest BCUT2D eigenvalue weighted by molar-refractivity contribution is 7.97. The molecule has 6 nitrogen and oxygen atoms in total. The van der Waals surface area contributed by atoms with Gasteiger partial charge in [-0.15, -0.1) is 0 Å². The fourth-order valence-electron chi connectivity index (χ4n) is 3.83. The maximum absolute atomic E-state index is 12.2. The van der Waals surface area contributed by atoms with Crippen LogP contribution in [0.3, 0.4) is 0 Å². The fraction of sp³-hybridized carbons (Fsp3) is 0.129. The molecule has 0 aliphatic heterocycles. The van der Waals surface area contributed by atoms with E-state index in [2.05, 4.69) is 30.8 Å². The number of carbonyl (C=O) groups excluding carboxylic acids is 1. The Balaban J connectivity index is 1.50. The maximum atomic E-state index is 12.2. The van der Waals surface area contributed by atoms with Crippen LogP contribution in [0.4, 0.5) is 0 Å². The Kier molecular flexibility index (Phi) is 9.24. The summed E-state index contributed by atoms with van der Waals surface area (Å²) in [5, 5.41) is 0. The molecule has 4 aromatic carbocycles. The first-order valence-corrected chi connectivity index (χ1v) is 14.9. The molecule has 1 unspecified atom stereocenters. The lowest BCUT2D eigenvalue weighted by atomic mass is 10.1. The topological polar surface area (TPSA) is 89.9 Å². The van der Waals surface area contributed by atoms with Crippen molar-refractivity contribution in [2.24, 2.45) is 0 Å². The number of hydrogen-bond acceptors (Lipinski definition) is 5. The first kappa shape index (κ1) is 28.2. The lowest BCUT2D eigenvalue weighted by Gasteiger charge is -2.19. The van der Waals surface area contributed by atoms with Crippen molar-refractivity contribution in [1.29, 1.82) is 0 Å². The molecular formula is C31H29O6S2+. The molecule has 0 radical (unpaired) electrons. The maximum Gasteiger partial charge on any atom is 0.333 e. The van der Waals surface area contributed by atoms with Crippen molar-refractivity contribution in [2.45, 2.75) is 39.0 Å². The van der Waals surface area contributed by atoms with E-state index in [1.54, 1.807) is 19.1 Å². The van der Waals surface area contributed by atoms with Crippen LogP contribution in [-0.2, 0) is 37.0 Å². The van der Waals surface area contributed by atoms with E-state index in [-0.39, 0.29) is 34.4 Å². The van der Waals surface area contributed by atoms with Crippen LogP contribution in [0, 0.1) is 0 Å². The molecule has 0 aliphatic carbocycles. The van der Waals surface area contributed by atoms with Gasteiger partial charge in [0.05, 0.1) is 15.8 Å². The third kappa shape index (κ3) is 7.83. The molecule has 0 saturated carbocycles. The van der Waals surface area contributed by atoms with Crippen molar-refractivity contribution < 1.29 is 27.2 Å². The van der Waals surface area contributed by atoms with Crippen LogP contribution in [-0.4, -0.2) is 31.7 Å². The second-order valence-corrected chi connectivity index (χ2v) is 12.3. The third-order valence-electron chi connectivity index (χ3n) is 5.76. The van der Waals surface area contributed by atoms with Crippen LogP contribution in [0.2, 0.25) is 0 Å². The van der Waals surface area contributed by atoms with Gasteiger partial charge >= 0.3 is 5.97 Å². The van der Waals surface area contributed by atoms with E-state index in [0.29, 0.717) is 5.75 Å². The van der Waals surface area contributed by atoms with Gasteiger partial charge in [0, 0.05) is 12.0 Å². The zero-order chi connectivity index (χ0) is 27.8. The molecule has 1 atom stereocenters. The van der Waals surface area contributed by atoms with E-state index >= 15 is 0 Å². The van der Waals surface area contributed by atoms with Crippen LogP contribution in [0.5, 0.6) is 5.75 Å². The number of carbonyl (C=O) groups is 1. The second-order valence-electron chi connectivity index (χ2n) is 8.85. The third-order valence-corrected chi connectivity index (χ3v) is 8.86. The van der Waals surface area contributed by atoms with Gasteiger partial charge in [0.15, 0.2) is 14.7 Å². The monoisotopic (exact) mass is 561 g/mol. The molecule has 8 heteroatoms. The van der Waals surface area contributed by atoms with Crippen molar-refractivity contribution in [3.8, 4) is 5.75 Å². The summed E-state index contributed by atoms with van der Waals surface area (Å²) in [4.78, 5) is 15.6. The Morgan fingerprint density at radius 3 is 1.82 bits per heavy atom. The highest BCUT2D eigenvalue weighted by Crippen LogP contribution is 2.32. The summed E-state index contributed by atoms with van der Waals surface area (Å²) in [7, 11) is -4.57. The highest BCUT2D eigenvalue weighted by Gasteiger charge is 2.28. The van der Waals surface area contributed by atoms with Gasteiger partial charge in [-0.3, -0.25) is 4.55 Å². The number of ether oxygens (including phenoxy) is 2. The number of hydrogen-bond donors (Lipinski definition) is 1. The molecule has 4 aromatic rings. The quantitative estimate of drug-likeness (QED) is 0.102. The molecule has 4 rings (SSSR count). The van der Waals surface area contributed by atoms with Crippen molar-refractivity contribution in [2.75, 3.05) is 6.61 Å². The van der Waals surface area contributed by atoms with Gasteiger partial charge in [-0.05, 0) is 73.2 Å². The van der Waals surface area contributed by atoms with Gasteiger partial charge in [0.2, 0.25) is 0 Å². The molecule has 0 bridgehead atoms. The summed E-state index contributed by atoms with van der Waals surface area (Å²) >= 11 is 0. The predicted molar refractivity (Wildman–Crippen MR) is 152 cm³/mol. The summed E-state index contributed by atoms with van der Waals surface area (Å²) in [5.74, 6) is 0.0878. The molecule has 0 amide bonds. The van der Waals surface area contributed by atoms with Crippen LogP contribution in [0.25, 0.3) is 0 Å². The Morgan fingerprint density at radius 2 is 1.33 bits per heavy atom. The van der Waals surface area contributed by atoms with Crippen LogP contribution in [0.1, 0.15) is 12.5 Å². The average Bonchev–Trinajstić information content (AvgIpc) is 2.93. The molecule has 0 spiro atoms. The van der Waals surface area contributed by atoms with Crippen molar-refractivity contribution in [1.82, 2.24) is 0 Å². The minimum Gasteiger partial charge on any atom is -0.490 e. The minimum atomic E-state index is -4.29. The van der Waals surface area contributed by atoms with E-state index in [0.717, 1.165) is 10.5 Å². The molecule has 0 aromatic heterocycles. The largest absolute Gasteiger partial charge is 0.490 e. The summed E-state index contributed by atoms with van der Waals surface area (Å²) < 4.78 is 43.5. The van der Waals surface area contributed by atoms with Crippen molar-refractivity contribution >= 4 is 27.0 Å². The van der Waals surface area contributed by atoms with Gasteiger partial charge in [-0.1, -0.05) is 55.1 Å². The van der Waals surface area contributed by atoms with Crippen molar-refractivity contribution in [3.05, 3.63) is 127 Å². The van der Waals surface area contributed by atoms with Crippen molar-refractivity contribution in [3.63, 3.8) is 0 Å². The van der Waals surface area contributed by atoms with Gasteiger partial charge in [0.25, 0.3) is 10.1 Å². The lowest BCUT2D eigenvalue weighted by Crippen LogP contribution is -2.27. The summed E-state index contributed by atoms with van der Waals surface area (Å²) in [6, 6.07) is 34.3. The molecule has 39 heavy (non-hydrogen) atoms. The van der Waals surface area contributed by atoms with E-state index in [1.165, 1.54) is 21.9 Å². The summed E-state index contributed by atoms with van der Waals surface area (Å²) in [6.45, 7) is 5.29. The second kappa shape index (κ2) is 12.8.